The first kappa shape index (κ1) is 24.8. The number of amides is 2. The van der Waals surface area contributed by atoms with Gasteiger partial charge in [0.15, 0.2) is 0 Å². The lowest BCUT2D eigenvalue weighted by Gasteiger charge is -2.36. The lowest BCUT2D eigenvalue weighted by molar-refractivity contribution is 0.194. The minimum atomic E-state index is -0.00123. The topological polar surface area (TPSA) is 64.6 Å². The molecular weight excluding hydrogens is 492 g/mol. The molecular formula is C30H34N6OS. The lowest BCUT2D eigenvalue weighted by Crippen LogP contribution is -2.52. The number of nitrogens with one attached hydrogen (secondary N) is 1. The molecule has 38 heavy (non-hydrogen) atoms. The molecule has 2 aliphatic rings. The average molecular weight is 527 g/mol. The Bertz CT molecular complexity index is 1400. The van der Waals surface area contributed by atoms with Gasteiger partial charge in [-0.15, -0.1) is 11.3 Å². The summed E-state index contributed by atoms with van der Waals surface area (Å²) < 4.78 is 0. The van der Waals surface area contributed by atoms with Gasteiger partial charge < -0.3 is 15.1 Å². The maximum Gasteiger partial charge on any atom is 0.317 e. The van der Waals surface area contributed by atoms with Crippen LogP contribution >= 0.6 is 11.3 Å². The molecule has 2 amide bonds. The van der Waals surface area contributed by atoms with Gasteiger partial charge in [0.1, 0.15) is 16.5 Å². The summed E-state index contributed by atoms with van der Waals surface area (Å²) in [4.78, 5) is 32.4. The van der Waals surface area contributed by atoms with Crippen molar-refractivity contribution in [3.05, 3.63) is 88.1 Å². The summed E-state index contributed by atoms with van der Waals surface area (Å²) in [6, 6.07) is 20.5. The minimum Gasteiger partial charge on any atom is -0.352 e. The number of urea groups is 1. The fraction of sp³-hybridized carbons (Fsp3) is 0.367. The van der Waals surface area contributed by atoms with Crippen molar-refractivity contribution in [3.8, 4) is 0 Å². The maximum atomic E-state index is 12.9. The van der Waals surface area contributed by atoms with Crippen molar-refractivity contribution >= 4 is 33.4 Å². The van der Waals surface area contributed by atoms with E-state index in [1.165, 1.54) is 21.4 Å². The Morgan fingerprint density at radius 1 is 0.921 bits per heavy atom. The fourth-order valence-corrected chi connectivity index (χ4v) is 6.71. The standard InChI is InChI=1S/C30H34N6OS/c1-2-34-14-13-24-25(21-34)38-29-27(24)28(32-26(33-29)19-22-9-5-3-6-10-22)35-15-17-36(18-16-35)30(37)31-20-23-11-7-4-8-12-23/h3-12H,2,13-21H2,1H3,(H,31,37). The Morgan fingerprint density at radius 3 is 2.34 bits per heavy atom. The quantitative estimate of drug-likeness (QED) is 0.395. The van der Waals surface area contributed by atoms with Gasteiger partial charge >= 0.3 is 6.03 Å². The first-order chi connectivity index (χ1) is 18.7. The smallest absolute Gasteiger partial charge is 0.317 e. The molecule has 0 aliphatic carbocycles. The molecule has 8 heteroatoms. The van der Waals surface area contributed by atoms with Crippen LogP contribution in [0.3, 0.4) is 0 Å². The van der Waals surface area contributed by atoms with Crippen molar-refractivity contribution in [3.63, 3.8) is 0 Å². The van der Waals surface area contributed by atoms with Crippen LogP contribution in [-0.4, -0.2) is 65.1 Å². The van der Waals surface area contributed by atoms with Crippen molar-refractivity contribution in [1.29, 1.82) is 0 Å². The van der Waals surface area contributed by atoms with E-state index in [9.17, 15) is 4.79 Å². The zero-order valence-electron chi connectivity index (χ0n) is 21.9. The van der Waals surface area contributed by atoms with Crippen molar-refractivity contribution in [2.75, 3.05) is 44.2 Å². The Labute approximate surface area is 228 Å². The number of aromatic nitrogens is 2. The summed E-state index contributed by atoms with van der Waals surface area (Å²) in [5.74, 6) is 1.92. The van der Waals surface area contributed by atoms with Gasteiger partial charge in [0, 0.05) is 57.1 Å². The molecule has 0 bridgehead atoms. The Kier molecular flexibility index (Phi) is 7.25. The number of hydrogen-bond donors (Lipinski definition) is 1. The van der Waals surface area contributed by atoms with Crippen molar-refractivity contribution < 1.29 is 4.79 Å². The number of nitrogens with zero attached hydrogens (tertiary/aromatic N) is 5. The SMILES string of the molecule is CCN1CCc2c(sc3nc(Cc4ccccc4)nc(N4CCN(C(=O)NCc5ccccc5)CC4)c23)C1. The number of anilines is 1. The van der Waals surface area contributed by atoms with Gasteiger partial charge in [0.05, 0.1) is 5.39 Å². The number of carbonyl (C=O) groups is 1. The molecule has 4 aromatic rings. The number of fused-ring (bicyclic) bond motifs is 3. The number of rotatable bonds is 6. The molecule has 7 nitrogen and oxygen atoms in total. The fourth-order valence-electron chi connectivity index (χ4n) is 5.43. The first-order valence-electron chi connectivity index (χ1n) is 13.6. The molecule has 6 rings (SSSR count). The number of hydrogen-bond acceptors (Lipinski definition) is 6. The number of benzene rings is 2. The highest BCUT2D eigenvalue weighted by molar-refractivity contribution is 7.19. The van der Waals surface area contributed by atoms with Crippen LogP contribution in [0.4, 0.5) is 10.6 Å². The van der Waals surface area contributed by atoms with Gasteiger partial charge in [-0.25, -0.2) is 14.8 Å². The molecule has 1 fully saturated rings. The van der Waals surface area contributed by atoms with Gasteiger partial charge in [0.2, 0.25) is 0 Å². The highest BCUT2D eigenvalue weighted by Crippen LogP contribution is 2.39. The number of thiophene rings is 1. The molecule has 4 heterocycles. The van der Waals surface area contributed by atoms with Crippen LogP contribution in [0.2, 0.25) is 0 Å². The van der Waals surface area contributed by atoms with Gasteiger partial charge in [-0.3, -0.25) is 4.90 Å². The third-order valence-electron chi connectivity index (χ3n) is 7.61. The predicted molar refractivity (Wildman–Crippen MR) is 154 cm³/mol. The normalized spacial score (nSPS) is 16.0. The lowest BCUT2D eigenvalue weighted by atomic mass is 10.0. The molecule has 2 aliphatic heterocycles. The van der Waals surface area contributed by atoms with E-state index < -0.39 is 0 Å². The van der Waals surface area contributed by atoms with E-state index in [-0.39, 0.29) is 6.03 Å². The van der Waals surface area contributed by atoms with Crippen molar-refractivity contribution in [1.82, 2.24) is 25.1 Å². The van der Waals surface area contributed by atoms with Gasteiger partial charge in [-0.2, -0.15) is 0 Å². The second kappa shape index (κ2) is 11.1. The third-order valence-corrected chi connectivity index (χ3v) is 8.72. The number of carbonyl (C=O) groups excluding carboxylic acids is 1. The third kappa shape index (κ3) is 5.24. The number of piperazine rings is 1. The predicted octanol–water partition coefficient (Wildman–Crippen LogP) is 4.69. The van der Waals surface area contributed by atoms with E-state index in [0.717, 1.165) is 67.6 Å². The monoisotopic (exact) mass is 526 g/mol. The van der Waals surface area contributed by atoms with Crippen LogP contribution in [0.15, 0.2) is 60.7 Å². The summed E-state index contributed by atoms with van der Waals surface area (Å²) >= 11 is 1.84. The van der Waals surface area contributed by atoms with Crippen molar-refractivity contribution in [2.24, 2.45) is 0 Å². The zero-order chi connectivity index (χ0) is 25.9. The van der Waals surface area contributed by atoms with E-state index in [1.54, 1.807) is 0 Å². The van der Waals surface area contributed by atoms with Crippen LogP contribution in [0.25, 0.3) is 10.2 Å². The summed E-state index contributed by atoms with van der Waals surface area (Å²) in [6.07, 6.45) is 1.76. The summed E-state index contributed by atoms with van der Waals surface area (Å²) in [6.45, 7) is 8.81. The molecule has 196 valence electrons. The van der Waals surface area contributed by atoms with E-state index in [0.29, 0.717) is 19.6 Å². The molecule has 0 atom stereocenters. The van der Waals surface area contributed by atoms with Gasteiger partial charge in [0.25, 0.3) is 0 Å². The van der Waals surface area contributed by atoms with Crippen LogP contribution in [0.1, 0.15) is 34.3 Å². The summed E-state index contributed by atoms with van der Waals surface area (Å²) in [5, 5.41) is 4.31. The average Bonchev–Trinajstić information content (AvgIpc) is 3.34. The Hall–Kier alpha value is -3.49. The minimum absolute atomic E-state index is 0.00123. The largest absolute Gasteiger partial charge is 0.352 e. The molecule has 0 unspecified atom stereocenters. The molecule has 0 radical (unpaired) electrons. The molecule has 1 saturated heterocycles. The number of likely N-dealkylation sites (N-methyl/N-ethyl adjacent to an activating group) is 1. The Balaban J connectivity index is 1.24. The van der Waals surface area contributed by atoms with Crippen LogP contribution in [0, 0.1) is 0 Å². The van der Waals surface area contributed by atoms with Gasteiger partial charge in [-0.1, -0.05) is 67.6 Å². The van der Waals surface area contributed by atoms with E-state index >= 15 is 0 Å². The zero-order valence-corrected chi connectivity index (χ0v) is 22.7. The van der Waals surface area contributed by atoms with E-state index in [1.807, 2.05) is 52.6 Å². The summed E-state index contributed by atoms with van der Waals surface area (Å²) in [7, 11) is 0. The molecule has 1 N–H and O–H groups in total. The van der Waals surface area contributed by atoms with Crippen LogP contribution in [-0.2, 0) is 25.9 Å². The summed E-state index contributed by atoms with van der Waals surface area (Å²) in [5.41, 5.74) is 3.76. The second-order valence-corrected chi connectivity index (χ2v) is 11.1. The molecule has 2 aromatic carbocycles. The first-order valence-corrected chi connectivity index (χ1v) is 14.4. The molecule has 2 aromatic heterocycles. The highest BCUT2D eigenvalue weighted by atomic mass is 32.1. The van der Waals surface area contributed by atoms with E-state index in [4.69, 9.17) is 9.97 Å². The van der Waals surface area contributed by atoms with E-state index in [2.05, 4.69) is 46.3 Å². The molecule has 0 spiro atoms. The Morgan fingerprint density at radius 2 is 1.63 bits per heavy atom. The maximum absolute atomic E-state index is 12.9. The van der Waals surface area contributed by atoms with Crippen LogP contribution in [0.5, 0.6) is 0 Å². The molecule has 0 saturated carbocycles. The van der Waals surface area contributed by atoms with Gasteiger partial charge in [-0.05, 0) is 29.7 Å². The highest BCUT2D eigenvalue weighted by Gasteiger charge is 2.28. The van der Waals surface area contributed by atoms with Crippen LogP contribution < -0.4 is 10.2 Å². The second-order valence-electron chi connectivity index (χ2n) is 10.0. The van der Waals surface area contributed by atoms with Crippen molar-refractivity contribution in [2.45, 2.75) is 32.9 Å².